The van der Waals surface area contributed by atoms with Gasteiger partial charge in [0.15, 0.2) is 5.82 Å². The highest BCUT2D eigenvalue weighted by atomic mass is 19.4. The van der Waals surface area contributed by atoms with Crippen LogP contribution in [-0.4, -0.2) is 61.9 Å². The van der Waals surface area contributed by atoms with Crippen LogP contribution in [0, 0.1) is 5.82 Å². The lowest BCUT2D eigenvalue weighted by Gasteiger charge is -2.36. The minimum absolute atomic E-state index is 0.0971. The number of anilines is 1. The minimum Gasteiger partial charge on any atom is -0.389 e. The van der Waals surface area contributed by atoms with Gasteiger partial charge in [0.25, 0.3) is 0 Å². The van der Waals surface area contributed by atoms with Gasteiger partial charge >= 0.3 is 12.1 Å². The van der Waals surface area contributed by atoms with Crippen molar-refractivity contribution in [2.75, 3.05) is 18.4 Å². The zero-order valence-electron chi connectivity index (χ0n) is 15.5. The third-order valence-electron chi connectivity index (χ3n) is 5.70. The molecule has 1 aliphatic carbocycles. The lowest BCUT2D eigenvalue weighted by Crippen LogP contribution is -2.54. The molecule has 1 saturated heterocycles. The van der Waals surface area contributed by atoms with Crippen LogP contribution in [-0.2, 0) is 4.79 Å². The van der Waals surface area contributed by atoms with Gasteiger partial charge in [-0.05, 0) is 25.3 Å². The molecule has 1 amide bonds. The van der Waals surface area contributed by atoms with E-state index >= 15 is 0 Å². The number of rotatable bonds is 3. The molecule has 3 heterocycles. The highest BCUT2D eigenvalue weighted by molar-refractivity contribution is 5.82. The Morgan fingerprint density at radius 3 is 2.62 bits per heavy atom. The number of nitrogens with zero attached hydrogens (tertiary/aromatic N) is 4. The van der Waals surface area contributed by atoms with E-state index < -0.39 is 36.6 Å². The molecule has 4 rings (SSSR count). The summed E-state index contributed by atoms with van der Waals surface area (Å²) >= 11 is 0. The SMILES string of the molecule is O=C(N1CC[C@@H](Nc2ncc3c(F)cc(C4CCCC4)n3n2)[C@H](O)C1)C(F)(F)F. The molecule has 158 valence electrons. The summed E-state index contributed by atoms with van der Waals surface area (Å²) < 4.78 is 53.5. The molecule has 0 unspecified atom stereocenters. The number of carbonyl (C=O) groups is 1. The molecule has 7 nitrogen and oxygen atoms in total. The standard InChI is InChI=1S/C18H21F4N5O2/c19-11-7-13(10-3-1-2-4-10)27-14(11)8-23-17(25-27)24-12-5-6-26(9-15(12)28)16(29)18(20,21)22/h7-8,10,12,15,28H,1-6,9H2,(H,24,25)/t12-,15-/m1/s1. The fourth-order valence-corrected chi connectivity index (χ4v) is 4.18. The number of piperidine rings is 1. The number of aliphatic hydroxyl groups is 1. The van der Waals surface area contributed by atoms with E-state index in [-0.39, 0.29) is 30.3 Å². The quantitative estimate of drug-likeness (QED) is 0.753. The maximum atomic E-state index is 14.2. The van der Waals surface area contributed by atoms with E-state index in [0.717, 1.165) is 31.4 Å². The zero-order valence-corrected chi connectivity index (χ0v) is 15.5. The first-order chi connectivity index (χ1) is 13.7. The molecule has 2 fully saturated rings. The molecule has 0 radical (unpaired) electrons. The maximum absolute atomic E-state index is 14.2. The Hall–Kier alpha value is -2.43. The number of nitrogens with one attached hydrogen (secondary N) is 1. The van der Waals surface area contributed by atoms with Crippen LogP contribution in [0.1, 0.15) is 43.7 Å². The van der Waals surface area contributed by atoms with Crippen molar-refractivity contribution in [1.82, 2.24) is 19.5 Å². The number of halogens is 4. The molecule has 0 spiro atoms. The van der Waals surface area contributed by atoms with E-state index in [9.17, 15) is 27.5 Å². The highest BCUT2D eigenvalue weighted by Crippen LogP contribution is 2.35. The van der Waals surface area contributed by atoms with Crippen LogP contribution < -0.4 is 5.32 Å². The van der Waals surface area contributed by atoms with Crippen LogP contribution in [0.2, 0.25) is 0 Å². The Morgan fingerprint density at radius 2 is 1.97 bits per heavy atom. The predicted molar refractivity (Wildman–Crippen MR) is 94.8 cm³/mol. The third-order valence-corrected chi connectivity index (χ3v) is 5.70. The lowest BCUT2D eigenvalue weighted by atomic mass is 10.0. The smallest absolute Gasteiger partial charge is 0.389 e. The summed E-state index contributed by atoms with van der Waals surface area (Å²) in [6.45, 7) is -0.593. The molecule has 0 bridgehead atoms. The van der Waals surface area contributed by atoms with Crippen molar-refractivity contribution in [1.29, 1.82) is 0 Å². The number of fused-ring (bicyclic) bond motifs is 1. The van der Waals surface area contributed by atoms with Gasteiger partial charge in [-0.25, -0.2) is 13.9 Å². The maximum Gasteiger partial charge on any atom is 0.471 e. The molecular weight excluding hydrogens is 394 g/mol. The van der Waals surface area contributed by atoms with Crippen LogP contribution in [0.3, 0.4) is 0 Å². The average molecular weight is 415 g/mol. The van der Waals surface area contributed by atoms with E-state index in [1.165, 1.54) is 16.8 Å². The van der Waals surface area contributed by atoms with Crippen molar-refractivity contribution in [3.8, 4) is 0 Å². The Balaban J connectivity index is 1.50. The number of hydrogen-bond acceptors (Lipinski definition) is 5. The summed E-state index contributed by atoms with van der Waals surface area (Å²) in [7, 11) is 0. The molecule has 1 aliphatic heterocycles. The summed E-state index contributed by atoms with van der Waals surface area (Å²) in [6.07, 6.45) is -0.661. The molecule has 2 aliphatic rings. The van der Waals surface area contributed by atoms with Crippen molar-refractivity contribution >= 4 is 17.4 Å². The van der Waals surface area contributed by atoms with E-state index in [4.69, 9.17) is 0 Å². The Morgan fingerprint density at radius 1 is 1.24 bits per heavy atom. The second-order valence-corrected chi connectivity index (χ2v) is 7.63. The lowest BCUT2D eigenvalue weighted by molar-refractivity contribution is -0.188. The molecule has 11 heteroatoms. The van der Waals surface area contributed by atoms with Crippen molar-refractivity contribution in [2.24, 2.45) is 0 Å². The third kappa shape index (κ3) is 3.87. The van der Waals surface area contributed by atoms with E-state index in [1.54, 1.807) is 0 Å². The fraction of sp³-hybridized carbons (Fsp3) is 0.611. The van der Waals surface area contributed by atoms with Gasteiger partial charge in [-0.1, -0.05) is 12.8 Å². The van der Waals surface area contributed by atoms with Gasteiger partial charge in [-0.2, -0.15) is 13.2 Å². The van der Waals surface area contributed by atoms with Crippen molar-refractivity contribution in [2.45, 2.75) is 56.3 Å². The van der Waals surface area contributed by atoms with E-state index in [1.807, 2.05) is 0 Å². The van der Waals surface area contributed by atoms with E-state index in [0.29, 0.717) is 4.90 Å². The van der Waals surface area contributed by atoms with Gasteiger partial charge in [0, 0.05) is 24.7 Å². The second kappa shape index (κ2) is 7.43. The molecule has 2 atom stereocenters. The van der Waals surface area contributed by atoms with Crippen molar-refractivity contribution in [3.63, 3.8) is 0 Å². The average Bonchev–Trinajstić information content (AvgIpc) is 3.30. The summed E-state index contributed by atoms with van der Waals surface area (Å²) in [5.41, 5.74) is 1.02. The largest absolute Gasteiger partial charge is 0.471 e. The Labute approximate surface area is 163 Å². The number of β-amino-alcohol motifs (C(OH)–C–C–N with tert-alkyl or cyclic N) is 1. The highest BCUT2D eigenvalue weighted by Gasteiger charge is 2.44. The number of likely N-dealkylation sites (tertiary alicyclic amines) is 1. The number of aliphatic hydroxyl groups excluding tert-OH is 1. The molecule has 1 saturated carbocycles. The zero-order chi connectivity index (χ0) is 20.8. The van der Waals surface area contributed by atoms with E-state index in [2.05, 4.69) is 15.4 Å². The number of carbonyl (C=O) groups excluding carboxylic acids is 1. The number of aromatic nitrogens is 3. The van der Waals surface area contributed by atoms with Crippen LogP contribution in [0.15, 0.2) is 12.3 Å². The molecular formula is C18H21F4N5O2. The van der Waals surface area contributed by atoms with Gasteiger partial charge in [0.1, 0.15) is 5.52 Å². The van der Waals surface area contributed by atoms with Crippen LogP contribution >= 0.6 is 0 Å². The second-order valence-electron chi connectivity index (χ2n) is 7.63. The Bertz CT molecular complexity index is 910. The van der Waals surface area contributed by atoms with Gasteiger partial charge in [0.05, 0.1) is 18.3 Å². The molecule has 2 aromatic heterocycles. The Kier molecular flexibility index (Phi) is 5.09. The first-order valence-corrected chi connectivity index (χ1v) is 9.59. The normalized spacial score (nSPS) is 23.7. The van der Waals surface area contributed by atoms with Gasteiger partial charge in [-0.3, -0.25) is 4.79 Å². The minimum atomic E-state index is -4.97. The first-order valence-electron chi connectivity index (χ1n) is 9.59. The number of amides is 1. The molecule has 2 N–H and O–H groups in total. The fourth-order valence-electron chi connectivity index (χ4n) is 4.18. The summed E-state index contributed by atoms with van der Waals surface area (Å²) in [4.78, 5) is 16.0. The van der Waals surface area contributed by atoms with Gasteiger partial charge in [0.2, 0.25) is 5.95 Å². The van der Waals surface area contributed by atoms with Crippen molar-refractivity contribution < 1.29 is 27.5 Å². The van der Waals surface area contributed by atoms with Crippen molar-refractivity contribution in [3.05, 3.63) is 23.8 Å². The number of hydrogen-bond donors (Lipinski definition) is 2. The summed E-state index contributed by atoms with van der Waals surface area (Å²) in [5, 5.41) is 17.5. The monoisotopic (exact) mass is 415 g/mol. The first kappa shape index (κ1) is 19.9. The topological polar surface area (TPSA) is 82.8 Å². The summed E-state index contributed by atoms with van der Waals surface area (Å²) in [5.74, 6) is -2.00. The molecule has 2 aromatic rings. The summed E-state index contributed by atoms with van der Waals surface area (Å²) in [6, 6.07) is 0.847. The van der Waals surface area contributed by atoms with Gasteiger partial charge < -0.3 is 15.3 Å². The van der Waals surface area contributed by atoms with Crippen LogP contribution in [0.4, 0.5) is 23.5 Å². The van der Waals surface area contributed by atoms with Gasteiger partial charge in [-0.15, -0.1) is 5.10 Å². The number of alkyl halides is 3. The molecule has 29 heavy (non-hydrogen) atoms. The van der Waals surface area contributed by atoms with Crippen LogP contribution in [0.5, 0.6) is 0 Å². The van der Waals surface area contributed by atoms with Crippen LogP contribution in [0.25, 0.3) is 5.52 Å². The predicted octanol–water partition coefficient (Wildman–Crippen LogP) is 2.46. The molecule has 0 aromatic carbocycles.